The second-order valence-corrected chi connectivity index (χ2v) is 12.9. The maximum absolute atomic E-state index is 14.0. The molecule has 2 fully saturated rings. The highest BCUT2D eigenvalue weighted by Crippen LogP contribution is 2.27. The van der Waals surface area contributed by atoms with E-state index in [9.17, 15) is 24.5 Å². The summed E-state index contributed by atoms with van der Waals surface area (Å²) in [5.41, 5.74) is 5.51. The van der Waals surface area contributed by atoms with Crippen LogP contribution >= 0.6 is 0 Å². The van der Waals surface area contributed by atoms with Crippen molar-refractivity contribution in [3.63, 3.8) is 0 Å². The molecule has 43 heavy (non-hydrogen) atoms. The van der Waals surface area contributed by atoms with Crippen molar-refractivity contribution in [2.24, 2.45) is 10.8 Å². The van der Waals surface area contributed by atoms with Gasteiger partial charge in [-0.2, -0.15) is 0 Å². The number of nitro groups is 1. The molecule has 0 aromatic heterocycles. The van der Waals surface area contributed by atoms with E-state index in [1.54, 1.807) is 58.7 Å². The molecule has 3 atom stereocenters. The van der Waals surface area contributed by atoms with Crippen LogP contribution in [-0.4, -0.2) is 81.3 Å². The van der Waals surface area contributed by atoms with E-state index in [2.05, 4.69) is 15.7 Å². The number of carbonyl (C=O) groups excluding carboxylic acids is 3. The Bertz CT molecular complexity index is 1190. The largest absolute Gasteiger partial charge is 0.459 e. The smallest absolute Gasteiger partial charge is 0.331 e. The van der Waals surface area contributed by atoms with Crippen LogP contribution in [0.3, 0.4) is 0 Å². The average Bonchev–Trinajstić information content (AvgIpc) is 3.03. The van der Waals surface area contributed by atoms with Crippen molar-refractivity contribution in [3.8, 4) is 0 Å². The summed E-state index contributed by atoms with van der Waals surface area (Å²) >= 11 is 0. The number of hydrazone groups is 1. The van der Waals surface area contributed by atoms with Crippen LogP contribution in [0.1, 0.15) is 79.2 Å². The molecule has 0 unspecified atom stereocenters. The van der Waals surface area contributed by atoms with E-state index in [-0.39, 0.29) is 11.9 Å². The van der Waals surface area contributed by atoms with Crippen LogP contribution in [0.2, 0.25) is 0 Å². The second-order valence-electron chi connectivity index (χ2n) is 12.9. The Morgan fingerprint density at radius 2 is 1.67 bits per heavy atom. The van der Waals surface area contributed by atoms with Crippen LogP contribution in [0.5, 0.6) is 0 Å². The predicted molar refractivity (Wildman–Crippen MR) is 160 cm³/mol. The van der Waals surface area contributed by atoms with E-state index in [0.717, 1.165) is 12.0 Å². The molecule has 0 spiro atoms. The normalized spacial score (nSPS) is 20.9. The lowest BCUT2D eigenvalue weighted by atomic mass is 10.0. The molecule has 3 rings (SSSR count). The number of nitrogens with two attached hydrogens (primary N) is 1. The fraction of sp³-hybridized carbons (Fsp3) is 0.655. The molecule has 1 aromatic carbocycles. The standard InChI is InChI=1S/C29H45N7O7/c1-28(2,3)42-25(38)22(16-13-19-11-14-20(15-12-19)31-27(30)33-36(40)41)32-21-9-7-17-34-18-8-10-23(35(34)24(21)37)26(39)43-29(4,5)6/h11-12,14-15,21-23,32H,7-10,13,16-18H2,1-6H3,(H3,30,31,33)/t21-,22-,23-/m0/s1. The monoisotopic (exact) mass is 603 g/mol. The van der Waals surface area contributed by atoms with Gasteiger partial charge in [0, 0.05) is 18.8 Å². The first-order valence-electron chi connectivity index (χ1n) is 14.7. The number of esters is 2. The molecule has 14 heteroatoms. The summed E-state index contributed by atoms with van der Waals surface area (Å²) in [6.45, 7) is 12.1. The first kappa shape index (κ1) is 33.7. The highest BCUT2D eigenvalue weighted by Gasteiger charge is 2.44. The van der Waals surface area contributed by atoms with Gasteiger partial charge in [-0.1, -0.05) is 12.1 Å². The zero-order valence-corrected chi connectivity index (χ0v) is 25.9. The molecule has 2 saturated heterocycles. The van der Waals surface area contributed by atoms with Crippen molar-refractivity contribution in [2.45, 2.75) is 109 Å². The minimum Gasteiger partial charge on any atom is -0.459 e. The van der Waals surface area contributed by atoms with Crippen molar-refractivity contribution in [1.82, 2.24) is 15.3 Å². The molecular formula is C29H45N7O7. The number of hydrogen-bond acceptors (Lipinski definition) is 9. The van der Waals surface area contributed by atoms with Crippen LogP contribution in [0, 0.1) is 10.1 Å². The molecule has 0 bridgehead atoms. The molecule has 2 aliphatic rings. The van der Waals surface area contributed by atoms with Gasteiger partial charge in [0.1, 0.15) is 28.4 Å². The number of nitrogens with one attached hydrogen (secondary N) is 2. The van der Waals surface area contributed by atoms with E-state index < -0.39 is 46.3 Å². The van der Waals surface area contributed by atoms with Gasteiger partial charge in [0.25, 0.3) is 11.9 Å². The molecular weight excluding hydrogens is 558 g/mol. The highest BCUT2D eigenvalue weighted by molar-refractivity contribution is 5.91. The number of anilines is 1. The Morgan fingerprint density at radius 1 is 1.07 bits per heavy atom. The molecule has 0 aliphatic carbocycles. The number of hydrazine groups is 1. The van der Waals surface area contributed by atoms with Crippen molar-refractivity contribution in [2.75, 3.05) is 18.4 Å². The van der Waals surface area contributed by atoms with Gasteiger partial charge in [-0.05, 0) is 97.8 Å². The molecule has 14 nitrogen and oxygen atoms in total. The molecule has 2 heterocycles. The summed E-state index contributed by atoms with van der Waals surface area (Å²) in [6.07, 6.45) is 3.31. The molecule has 1 aromatic rings. The van der Waals surface area contributed by atoms with Crippen molar-refractivity contribution in [3.05, 3.63) is 39.9 Å². The van der Waals surface area contributed by atoms with Gasteiger partial charge in [0.2, 0.25) is 0 Å². The summed E-state index contributed by atoms with van der Waals surface area (Å²) in [5, 5.41) is 22.0. The summed E-state index contributed by atoms with van der Waals surface area (Å²) in [4.78, 5) is 50.9. The fourth-order valence-electron chi connectivity index (χ4n) is 5.12. The van der Waals surface area contributed by atoms with Crippen molar-refractivity contribution >= 4 is 29.5 Å². The molecule has 1 amide bonds. The average molecular weight is 604 g/mol. The maximum Gasteiger partial charge on any atom is 0.331 e. The molecule has 4 N–H and O–H groups in total. The Morgan fingerprint density at radius 3 is 2.26 bits per heavy atom. The van der Waals surface area contributed by atoms with E-state index in [0.29, 0.717) is 50.9 Å². The number of rotatable bonds is 9. The predicted octanol–water partition coefficient (Wildman–Crippen LogP) is 2.55. The SMILES string of the molecule is CC(C)(C)OC(=O)[C@H](CCc1ccc(NC(N)=N[N+](=O)[O-])cc1)N[C@H]1CCCN2CCC[C@@H](C(=O)OC(C)(C)C)N2C1=O. The lowest BCUT2D eigenvalue weighted by Gasteiger charge is -2.43. The summed E-state index contributed by atoms with van der Waals surface area (Å²) < 4.78 is 11.4. The minimum atomic E-state index is -0.889. The van der Waals surface area contributed by atoms with Crippen LogP contribution in [-0.2, 0) is 30.3 Å². The van der Waals surface area contributed by atoms with Gasteiger partial charge in [0.15, 0.2) is 5.03 Å². The lowest BCUT2D eigenvalue weighted by molar-refractivity contribution is -0.485. The lowest BCUT2D eigenvalue weighted by Crippen LogP contribution is -2.62. The Labute approximate surface area is 252 Å². The number of guanidine groups is 1. The van der Waals surface area contributed by atoms with Gasteiger partial charge in [-0.15, -0.1) is 0 Å². The van der Waals surface area contributed by atoms with Crippen LogP contribution < -0.4 is 16.4 Å². The third-order valence-electron chi connectivity index (χ3n) is 6.84. The topological polar surface area (TPSA) is 182 Å². The molecule has 238 valence electrons. The van der Waals surface area contributed by atoms with Gasteiger partial charge in [-0.25, -0.2) is 19.9 Å². The van der Waals surface area contributed by atoms with E-state index in [4.69, 9.17) is 15.2 Å². The summed E-state index contributed by atoms with van der Waals surface area (Å²) in [6, 6.07) is 4.81. The summed E-state index contributed by atoms with van der Waals surface area (Å²) in [7, 11) is 0. The Hall–Kier alpha value is -3.78. The number of nitrogens with zero attached hydrogens (tertiary/aromatic N) is 4. The first-order valence-corrected chi connectivity index (χ1v) is 14.7. The molecule has 2 aliphatic heterocycles. The van der Waals surface area contributed by atoms with Crippen molar-refractivity contribution in [1.29, 1.82) is 0 Å². The van der Waals surface area contributed by atoms with Crippen LogP contribution in [0.25, 0.3) is 0 Å². The number of fused-ring (bicyclic) bond motifs is 1. The number of amides is 1. The zero-order valence-electron chi connectivity index (χ0n) is 25.9. The number of carbonyl (C=O) groups is 3. The Balaban J connectivity index is 1.76. The van der Waals surface area contributed by atoms with E-state index >= 15 is 0 Å². The van der Waals surface area contributed by atoms with Gasteiger partial charge in [-0.3, -0.25) is 19.9 Å². The fourth-order valence-corrected chi connectivity index (χ4v) is 5.12. The third-order valence-corrected chi connectivity index (χ3v) is 6.84. The number of benzene rings is 1. The number of ether oxygens (including phenoxy) is 2. The zero-order chi connectivity index (χ0) is 31.9. The van der Waals surface area contributed by atoms with Crippen LogP contribution in [0.4, 0.5) is 5.69 Å². The van der Waals surface area contributed by atoms with Gasteiger partial charge in [0.05, 0.1) is 6.04 Å². The molecule has 0 saturated carbocycles. The second kappa shape index (κ2) is 14.1. The van der Waals surface area contributed by atoms with Crippen LogP contribution in [0.15, 0.2) is 29.4 Å². The highest BCUT2D eigenvalue weighted by atomic mass is 16.7. The number of aryl methyl sites for hydroxylation is 1. The maximum atomic E-state index is 14.0. The van der Waals surface area contributed by atoms with E-state index in [1.165, 1.54) is 0 Å². The van der Waals surface area contributed by atoms with Gasteiger partial charge < -0.3 is 20.5 Å². The number of hydrogen-bond donors (Lipinski definition) is 3. The first-order chi connectivity index (χ1) is 20.0. The van der Waals surface area contributed by atoms with Gasteiger partial charge >= 0.3 is 11.9 Å². The Kier molecular flexibility index (Phi) is 11.1. The minimum absolute atomic E-state index is 0.258. The summed E-state index contributed by atoms with van der Waals surface area (Å²) in [5.74, 6) is -1.50. The third kappa shape index (κ3) is 10.5. The quantitative estimate of drug-likeness (QED) is 0.124. The van der Waals surface area contributed by atoms with Crippen molar-refractivity contribution < 1.29 is 28.9 Å². The molecule has 0 radical (unpaired) electrons. The van der Waals surface area contributed by atoms with E-state index in [1.807, 2.05) is 17.1 Å².